The molecule has 4 rings (SSSR count). The molecule has 3 heterocycles. The molecule has 3 aromatic rings. The van der Waals surface area contributed by atoms with E-state index in [1.165, 1.54) is 9.13 Å². The van der Waals surface area contributed by atoms with E-state index in [2.05, 4.69) is 67.2 Å². The van der Waals surface area contributed by atoms with E-state index >= 15 is 0 Å². The molecule has 2 aromatic heterocycles. The highest BCUT2D eigenvalue weighted by Crippen LogP contribution is 2.18. The number of anilines is 1. The van der Waals surface area contributed by atoms with Crippen molar-refractivity contribution in [3.05, 3.63) is 49.6 Å². The predicted molar refractivity (Wildman–Crippen MR) is 111 cm³/mol. The van der Waals surface area contributed by atoms with Gasteiger partial charge in [-0.2, -0.15) is 4.98 Å². The van der Waals surface area contributed by atoms with Crippen molar-refractivity contribution in [2.45, 2.75) is 19.9 Å². The van der Waals surface area contributed by atoms with Gasteiger partial charge in [-0.25, -0.2) is 9.78 Å². The number of nitrogens with zero attached hydrogens (tertiary/aromatic N) is 3. The van der Waals surface area contributed by atoms with Gasteiger partial charge in [0.2, 0.25) is 5.95 Å². The average Bonchev–Trinajstić information content (AvgIpc) is 3.25. The number of imidazole rings is 1. The molecule has 1 atom stereocenters. The zero-order chi connectivity index (χ0) is 18.1. The van der Waals surface area contributed by atoms with Crippen LogP contribution in [0.2, 0.25) is 0 Å². The molecule has 1 aromatic carbocycles. The summed E-state index contributed by atoms with van der Waals surface area (Å²) in [6, 6.07) is 6.14. The fourth-order valence-electron chi connectivity index (χ4n) is 3.30. The molecule has 1 fully saturated rings. The second-order valence-electron chi connectivity index (χ2n) is 6.71. The van der Waals surface area contributed by atoms with Crippen molar-refractivity contribution in [2.24, 2.45) is 5.92 Å². The summed E-state index contributed by atoms with van der Waals surface area (Å²) in [6.07, 6.45) is 2.84. The average molecular weight is 464 g/mol. The van der Waals surface area contributed by atoms with Crippen LogP contribution in [0.25, 0.3) is 11.2 Å². The molecule has 1 aliphatic heterocycles. The third kappa shape index (κ3) is 3.48. The molecule has 0 radical (unpaired) electrons. The van der Waals surface area contributed by atoms with Crippen LogP contribution in [0.4, 0.5) is 5.95 Å². The summed E-state index contributed by atoms with van der Waals surface area (Å²) in [5.74, 6) is 1.16. The van der Waals surface area contributed by atoms with E-state index < -0.39 is 0 Å². The van der Waals surface area contributed by atoms with Crippen LogP contribution in [-0.2, 0) is 6.54 Å². The minimum Gasteiger partial charge on any atom is -0.354 e. The lowest BCUT2D eigenvalue weighted by Crippen LogP contribution is -2.19. The third-order valence-corrected chi connectivity index (χ3v) is 6.10. The third-order valence-electron chi connectivity index (χ3n) is 4.93. The number of aromatic amines is 1. The number of nitrogens with one attached hydrogen (secondary N) is 3. The lowest BCUT2D eigenvalue weighted by atomic mass is 10.1. The van der Waals surface area contributed by atoms with Gasteiger partial charge in [0.1, 0.15) is 5.52 Å². The van der Waals surface area contributed by atoms with E-state index in [0.717, 1.165) is 31.6 Å². The molecule has 1 aliphatic rings. The zero-order valence-corrected chi connectivity index (χ0v) is 16.7. The number of halogens is 1. The predicted octanol–water partition coefficient (Wildman–Crippen LogP) is 2.10. The largest absolute Gasteiger partial charge is 0.354 e. The Bertz CT molecular complexity index is 989. The standard InChI is InChI=1S/C18H21IN6O/c1-11-13(3-2-4-14(11)19)10-25-16-15(23-18(25)26)9-22-17(24-16)21-8-12-5-6-20-7-12/h2-4,9,12,20H,5-8,10H2,1H3,(H,23,26)(H,21,22,24). The van der Waals surface area contributed by atoms with E-state index in [9.17, 15) is 4.79 Å². The quantitative estimate of drug-likeness (QED) is 0.504. The first-order valence-electron chi connectivity index (χ1n) is 8.76. The number of rotatable bonds is 5. The Balaban J connectivity index is 1.63. The highest BCUT2D eigenvalue weighted by molar-refractivity contribution is 14.1. The Morgan fingerprint density at radius 1 is 1.42 bits per heavy atom. The van der Waals surface area contributed by atoms with Crippen LogP contribution < -0.4 is 16.3 Å². The maximum Gasteiger partial charge on any atom is 0.328 e. The molecular formula is C18H21IN6O. The van der Waals surface area contributed by atoms with Crippen molar-refractivity contribution in [1.82, 2.24) is 24.8 Å². The molecule has 7 nitrogen and oxygen atoms in total. The summed E-state index contributed by atoms with van der Waals surface area (Å²) in [4.78, 5) is 24.2. The van der Waals surface area contributed by atoms with Crippen LogP contribution in [0, 0.1) is 16.4 Å². The summed E-state index contributed by atoms with van der Waals surface area (Å²) in [5, 5.41) is 6.66. The summed E-state index contributed by atoms with van der Waals surface area (Å²) in [6.45, 7) is 5.50. The highest BCUT2D eigenvalue weighted by atomic mass is 127. The molecule has 0 aliphatic carbocycles. The first-order chi connectivity index (χ1) is 12.6. The number of H-pyrrole nitrogens is 1. The molecule has 136 valence electrons. The summed E-state index contributed by atoms with van der Waals surface area (Å²) < 4.78 is 2.87. The maximum absolute atomic E-state index is 12.4. The first-order valence-corrected chi connectivity index (χ1v) is 9.84. The van der Waals surface area contributed by atoms with Gasteiger partial charge in [0, 0.05) is 10.1 Å². The Morgan fingerprint density at radius 3 is 3.12 bits per heavy atom. The van der Waals surface area contributed by atoms with E-state index in [0.29, 0.717) is 29.6 Å². The van der Waals surface area contributed by atoms with Gasteiger partial charge in [0.25, 0.3) is 0 Å². The molecule has 8 heteroatoms. The molecule has 0 bridgehead atoms. The fourth-order valence-corrected chi connectivity index (χ4v) is 3.85. The number of fused-ring (bicyclic) bond motifs is 1. The molecule has 0 spiro atoms. The van der Waals surface area contributed by atoms with Crippen molar-refractivity contribution in [3.8, 4) is 0 Å². The smallest absolute Gasteiger partial charge is 0.328 e. The minimum absolute atomic E-state index is 0.162. The van der Waals surface area contributed by atoms with Gasteiger partial charge in [0.15, 0.2) is 5.65 Å². The topological polar surface area (TPSA) is 87.6 Å². The van der Waals surface area contributed by atoms with Gasteiger partial charge in [0.05, 0.1) is 12.7 Å². The second kappa shape index (κ2) is 7.36. The van der Waals surface area contributed by atoms with Crippen LogP contribution in [0.5, 0.6) is 0 Å². The fraction of sp³-hybridized carbons (Fsp3) is 0.389. The molecule has 3 N–H and O–H groups in total. The van der Waals surface area contributed by atoms with Gasteiger partial charge >= 0.3 is 5.69 Å². The Morgan fingerprint density at radius 2 is 2.31 bits per heavy atom. The Labute approximate surface area is 164 Å². The van der Waals surface area contributed by atoms with Crippen LogP contribution >= 0.6 is 22.6 Å². The lowest BCUT2D eigenvalue weighted by Gasteiger charge is -2.11. The highest BCUT2D eigenvalue weighted by Gasteiger charge is 2.16. The van der Waals surface area contributed by atoms with Gasteiger partial charge in [-0.3, -0.25) is 4.57 Å². The number of hydrogen-bond acceptors (Lipinski definition) is 5. The molecule has 0 saturated carbocycles. The summed E-state index contributed by atoms with van der Waals surface area (Å²) >= 11 is 2.32. The zero-order valence-electron chi connectivity index (χ0n) is 14.6. The molecule has 1 saturated heterocycles. The Hall–Kier alpha value is -1.94. The van der Waals surface area contributed by atoms with Crippen molar-refractivity contribution in [3.63, 3.8) is 0 Å². The van der Waals surface area contributed by atoms with Crippen LogP contribution in [0.15, 0.2) is 29.2 Å². The first kappa shape index (κ1) is 17.5. The van der Waals surface area contributed by atoms with E-state index in [1.807, 2.05) is 6.07 Å². The van der Waals surface area contributed by atoms with Gasteiger partial charge in [-0.1, -0.05) is 12.1 Å². The molecule has 26 heavy (non-hydrogen) atoms. The van der Waals surface area contributed by atoms with Crippen molar-refractivity contribution in [2.75, 3.05) is 25.0 Å². The summed E-state index contributed by atoms with van der Waals surface area (Å²) in [5.41, 5.74) is 3.44. The Kier molecular flexibility index (Phi) is 4.94. The van der Waals surface area contributed by atoms with Gasteiger partial charge in [-0.15, -0.1) is 0 Å². The monoisotopic (exact) mass is 464 g/mol. The van der Waals surface area contributed by atoms with E-state index in [-0.39, 0.29) is 5.69 Å². The normalized spacial score (nSPS) is 17.1. The number of aromatic nitrogens is 4. The van der Waals surface area contributed by atoms with Crippen LogP contribution in [0.1, 0.15) is 17.5 Å². The van der Waals surface area contributed by atoms with Crippen LogP contribution in [-0.4, -0.2) is 39.2 Å². The van der Waals surface area contributed by atoms with E-state index in [4.69, 9.17) is 0 Å². The number of benzene rings is 1. The minimum atomic E-state index is -0.162. The lowest BCUT2D eigenvalue weighted by molar-refractivity contribution is 0.613. The maximum atomic E-state index is 12.4. The summed E-state index contributed by atoms with van der Waals surface area (Å²) in [7, 11) is 0. The number of hydrogen-bond donors (Lipinski definition) is 3. The molecule has 0 amide bonds. The molecular weight excluding hydrogens is 443 g/mol. The van der Waals surface area contributed by atoms with Crippen molar-refractivity contribution in [1.29, 1.82) is 0 Å². The second-order valence-corrected chi connectivity index (χ2v) is 7.87. The van der Waals surface area contributed by atoms with Gasteiger partial charge in [-0.05, 0) is 72.1 Å². The SMILES string of the molecule is Cc1c(I)cccc1Cn1c(=O)[nH]c2cnc(NCC3CCNC3)nc21. The van der Waals surface area contributed by atoms with Crippen LogP contribution in [0.3, 0.4) is 0 Å². The van der Waals surface area contributed by atoms with E-state index in [1.54, 1.807) is 10.8 Å². The van der Waals surface area contributed by atoms with Crippen molar-refractivity contribution < 1.29 is 0 Å². The molecule has 1 unspecified atom stereocenters. The van der Waals surface area contributed by atoms with Gasteiger partial charge < -0.3 is 15.6 Å². The van der Waals surface area contributed by atoms with Crippen molar-refractivity contribution >= 4 is 39.7 Å².